The van der Waals surface area contributed by atoms with E-state index in [1.54, 1.807) is 41.1 Å². The largest absolute Gasteiger partial charge is 0.325 e. The highest BCUT2D eigenvalue weighted by molar-refractivity contribution is 7.99. The van der Waals surface area contributed by atoms with Gasteiger partial charge in [0.2, 0.25) is 5.91 Å². The first-order chi connectivity index (χ1) is 14.6. The zero-order valence-electron chi connectivity index (χ0n) is 16.1. The standard InChI is InChI=1S/C22H18FN5OS/c1-15-13-16(11-12-24-15)25-20(29)14-30-22-27-26-21(18-9-5-6-10-19(18)23)28(22)17-7-3-2-4-8-17/h2-13H,14H2,1H3,(H,24,25,29). The number of carbonyl (C=O) groups is 1. The molecule has 0 bridgehead atoms. The fraction of sp³-hybridized carbons (Fsp3) is 0.0909. The van der Waals surface area contributed by atoms with Gasteiger partial charge in [0.05, 0.1) is 11.3 Å². The molecule has 30 heavy (non-hydrogen) atoms. The van der Waals surface area contributed by atoms with Crippen molar-refractivity contribution in [3.05, 3.63) is 84.4 Å². The molecule has 0 saturated heterocycles. The number of hydrogen-bond acceptors (Lipinski definition) is 5. The second kappa shape index (κ2) is 8.87. The molecule has 0 unspecified atom stereocenters. The van der Waals surface area contributed by atoms with Crippen LogP contribution < -0.4 is 5.32 Å². The monoisotopic (exact) mass is 419 g/mol. The Hall–Kier alpha value is -3.52. The smallest absolute Gasteiger partial charge is 0.234 e. The molecule has 4 rings (SSSR count). The minimum atomic E-state index is -0.385. The van der Waals surface area contributed by atoms with Crippen LogP contribution in [0.1, 0.15) is 5.69 Å². The van der Waals surface area contributed by atoms with Gasteiger partial charge in [-0.1, -0.05) is 42.1 Å². The van der Waals surface area contributed by atoms with E-state index in [1.807, 2.05) is 37.3 Å². The van der Waals surface area contributed by atoms with Crippen molar-refractivity contribution in [2.45, 2.75) is 12.1 Å². The molecule has 0 fully saturated rings. The Kier molecular flexibility index (Phi) is 5.85. The quantitative estimate of drug-likeness (QED) is 0.466. The van der Waals surface area contributed by atoms with Crippen molar-refractivity contribution in [3.8, 4) is 17.1 Å². The van der Waals surface area contributed by atoms with Crippen LogP contribution >= 0.6 is 11.8 Å². The van der Waals surface area contributed by atoms with E-state index in [4.69, 9.17) is 0 Å². The Bertz CT molecular complexity index is 1180. The van der Waals surface area contributed by atoms with Gasteiger partial charge in [-0.15, -0.1) is 10.2 Å². The molecule has 2 aromatic heterocycles. The zero-order chi connectivity index (χ0) is 20.9. The molecule has 0 aliphatic carbocycles. The van der Waals surface area contributed by atoms with Crippen molar-refractivity contribution in [2.24, 2.45) is 0 Å². The average molecular weight is 419 g/mol. The lowest BCUT2D eigenvalue weighted by Crippen LogP contribution is -2.14. The highest BCUT2D eigenvalue weighted by atomic mass is 32.2. The number of rotatable bonds is 6. The molecular weight excluding hydrogens is 401 g/mol. The third-order valence-corrected chi connectivity index (χ3v) is 5.20. The minimum absolute atomic E-state index is 0.129. The normalized spacial score (nSPS) is 10.7. The molecule has 150 valence electrons. The van der Waals surface area contributed by atoms with Crippen molar-refractivity contribution >= 4 is 23.4 Å². The lowest BCUT2D eigenvalue weighted by Gasteiger charge is -2.11. The number of aromatic nitrogens is 4. The van der Waals surface area contributed by atoms with E-state index < -0.39 is 0 Å². The first-order valence-corrected chi connectivity index (χ1v) is 10.2. The number of hydrogen-bond donors (Lipinski definition) is 1. The van der Waals surface area contributed by atoms with Crippen LogP contribution in [0, 0.1) is 12.7 Å². The van der Waals surface area contributed by atoms with Crippen molar-refractivity contribution in [1.29, 1.82) is 0 Å². The van der Waals surface area contributed by atoms with Gasteiger partial charge in [-0.2, -0.15) is 0 Å². The minimum Gasteiger partial charge on any atom is -0.325 e. The van der Waals surface area contributed by atoms with Crippen LogP contribution in [0.2, 0.25) is 0 Å². The highest BCUT2D eigenvalue weighted by Gasteiger charge is 2.19. The lowest BCUT2D eigenvalue weighted by atomic mass is 10.2. The van der Waals surface area contributed by atoms with Crippen LogP contribution in [-0.2, 0) is 4.79 Å². The van der Waals surface area contributed by atoms with Crippen molar-refractivity contribution in [1.82, 2.24) is 19.7 Å². The first kappa shape index (κ1) is 19.8. The number of thioether (sulfide) groups is 1. The Labute approximate surface area is 177 Å². The van der Waals surface area contributed by atoms with Crippen LogP contribution in [0.5, 0.6) is 0 Å². The summed E-state index contributed by atoms with van der Waals surface area (Å²) in [7, 11) is 0. The van der Waals surface area contributed by atoms with Gasteiger partial charge in [0.1, 0.15) is 5.82 Å². The molecule has 4 aromatic rings. The van der Waals surface area contributed by atoms with Gasteiger partial charge in [0.25, 0.3) is 0 Å². The molecule has 0 spiro atoms. The average Bonchev–Trinajstić information content (AvgIpc) is 3.17. The van der Waals surface area contributed by atoms with Gasteiger partial charge < -0.3 is 5.32 Å². The Morgan fingerprint density at radius 1 is 1.07 bits per heavy atom. The molecular formula is C22H18FN5OS. The molecule has 0 aliphatic heterocycles. The second-order valence-corrected chi connectivity index (χ2v) is 7.42. The summed E-state index contributed by atoms with van der Waals surface area (Å²) in [5, 5.41) is 11.8. The highest BCUT2D eigenvalue weighted by Crippen LogP contribution is 2.29. The molecule has 0 saturated carbocycles. The van der Waals surface area contributed by atoms with E-state index in [-0.39, 0.29) is 17.5 Å². The first-order valence-electron chi connectivity index (χ1n) is 9.23. The third-order valence-electron chi connectivity index (χ3n) is 4.28. The van der Waals surface area contributed by atoms with E-state index in [1.165, 1.54) is 17.8 Å². The van der Waals surface area contributed by atoms with E-state index in [0.29, 0.717) is 22.2 Å². The predicted octanol–water partition coefficient (Wildman–Crippen LogP) is 4.51. The summed E-state index contributed by atoms with van der Waals surface area (Å²) in [5.41, 5.74) is 2.63. The fourth-order valence-electron chi connectivity index (χ4n) is 2.94. The number of nitrogens with zero attached hydrogens (tertiary/aromatic N) is 4. The molecule has 6 nitrogen and oxygen atoms in total. The lowest BCUT2D eigenvalue weighted by molar-refractivity contribution is -0.113. The van der Waals surface area contributed by atoms with Gasteiger partial charge in [0, 0.05) is 23.3 Å². The van der Waals surface area contributed by atoms with E-state index in [9.17, 15) is 9.18 Å². The second-order valence-electron chi connectivity index (χ2n) is 6.48. The molecule has 0 atom stereocenters. The number of amides is 1. The number of anilines is 1. The summed E-state index contributed by atoms with van der Waals surface area (Å²) in [4.78, 5) is 16.5. The van der Waals surface area contributed by atoms with Crippen LogP contribution in [0.4, 0.5) is 10.1 Å². The maximum Gasteiger partial charge on any atom is 0.234 e. The number of carbonyl (C=O) groups excluding carboxylic acids is 1. The summed E-state index contributed by atoms with van der Waals surface area (Å²) in [6.45, 7) is 1.86. The molecule has 2 aromatic carbocycles. The van der Waals surface area contributed by atoms with E-state index >= 15 is 0 Å². The number of benzene rings is 2. The maximum atomic E-state index is 14.4. The predicted molar refractivity (Wildman–Crippen MR) is 115 cm³/mol. The van der Waals surface area contributed by atoms with Gasteiger partial charge >= 0.3 is 0 Å². The Morgan fingerprint density at radius 3 is 2.60 bits per heavy atom. The Morgan fingerprint density at radius 2 is 1.83 bits per heavy atom. The molecule has 0 radical (unpaired) electrons. The van der Waals surface area contributed by atoms with Gasteiger partial charge in [-0.05, 0) is 43.3 Å². The van der Waals surface area contributed by atoms with Crippen LogP contribution in [0.25, 0.3) is 17.1 Å². The topological polar surface area (TPSA) is 72.7 Å². The molecule has 2 heterocycles. The number of pyridine rings is 1. The number of aryl methyl sites for hydroxylation is 1. The number of para-hydroxylation sites is 1. The molecule has 1 N–H and O–H groups in total. The third kappa shape index (κ3) is 4.38. The summed E-state index contributed by atoms with van der Waals surface area (Å²) in [6, 6.07) is 19.4. The zero-order valence-corrected chi connectivity index (χ0v) is 16.9. The summed E-state index contributed by atoms with van der Waals surface area (Å²) >= 11 is 1.23. The number of nitrogens with one attached hydrogen (secondary N) is 1. The summed E-state index contributed by atoms with van der Waals surface area (Å²) < 4.78 is 16.2. The molecule has 0 aliphatic rings. The van der Waals surface area contributed by atoms with Gasteiger partial charge in [-0.3, -0.25) is 14.3 Å². The summed E-state index contributed by atoms with van der Waals surface area (Å²) in [5.74, 6) is -0.0547. The molecule has 1 amide bonds. The summed E-state index contributed by atoms with van der Waals surface area (Å²) in [6.07, 6.45) is 1.64. The van der Waals surface area contributed by atoms with Crippen molar-refractivity contribution in [2.75, 3.05) is 11.1 Å². The van der Waals surface area contributed by atoms with Gasteiger partial charge in [0.15, 0.2) is 11.0 Å². The Balaban J connectivity index is 1.60. The van der Waals surface area contributed by atoms with E-state index in [0.717, 1.165) is 11.4 Å². The molecule has 8 heteroatoms. The van der Waals surface area contributed by atoms with Crippen molar-refractivity contribution < 1.29 is 9.18 Å². The SMILES string of the molecule is Cc1cc(NC(=O)CSc2nnc(-c3ccccc3F)n2-c2ccccc2)ccn1. The van der Waals surface area contributed by atoms with E-state index in [2.05, 4.69) is 20.5 Å². The van der Waals surface area contributed by atoms with Crippen LogP contribution in [0.15, 0.2) is 78.1 Å². The maximum absolute atomic E-state index is 14.4. The number of halogens is 1. The van der Waals surface area contributed by atoms with Crippen LogP contribution in [-0.4, -0.2) is 31.4 Å². The van der Waals surface area contributed by atoms with Crippen LogP contribution in [0.3, 0.4) is 0 Å². The van der Waals surface area contributed by atoms with Gasteiger partial charge in [-0.25, -0.2) is 4.39 Å². The fourth-order valence-corrected chi connectivity index (χ4v) is 3.69. The van der Waals surface area contributed by atoms with Crippen molar-refractivity contribution in [3.63, 3.8) is 0 Å².